The number of benzene rings is 2. The molecule has 222 valence electrons. The molecule has 0 spiro atoms. The molecule has 4 bridgehead atoms. The van der Waals surface area contributed by atoms with Crippen molar-refractivity contribution >= 4 is 33.2 Å². The number of aryl methyl sites for hydroxylation is 1. The summed E-state index contributed by atoms with van der Waals surface area (Å²) in [5.41, 5.74) is 3.40. The highest BCUT2D eigenvalue weighted by molar-refractivity contribution is 7.90. The Morgan fingerprint density at radius 2 is 1.93 bits per heavy atom. The van der Waals surface area contributed by atoms with Crippen LogP contribution >= 0.6 is 11.6 Å². The van der Waals surface area contributed by atoms with E-state index < -0.39 is 15.9 Å². The number of sulfonamides is 1. The van der Waals surface area contributed by atoms with Gasteiger partial charge in [-0.2, -0.15) is 0 Å². The fourth-order valence-corrected chi connectivity index (χ4v) is 7.81. The fraction of sp³-hybridized carbons (Fsp3) is 0.581. The topological polar surface area (TPSA) is 94.2 Å². The molecule has 41 heavy (non-hydrogen) atoms. The first-order valence-corrected chi connectivity index (χ1v) is 16.9. The van der Waals surface area contributed by atoms with Gasteiger partial charge in [0.25, 0.3) is 5.91 Å². The Balaban J connectivity index is 1.36. The summed E-state index contributed by atoms with van der Waals surface area (Å²) in [6.07, 6.45) is 6.71. The quantitative estimate of drug-likeness (QED) is 0.448. The first-order valence-electron chi connectivity index (χ1n) is 14.8. The molecule has 2 fully saturated rings. The zero-order valence-corrected chi connectivity index (χ0v) is 25.1. The van der Waals surface area contributed by atoms with Crippen molar-refractivity contribution in [2.75, 3.05) is 30.3 Å². The van der Waals surface area contributed by atoms with Crippen LogP contribution in [-0.4, -0.2) is 58.1 Å². The minimum Gasteiger partial charge on any atom is -0.487 e. The second-order valence-electron chi connectivity index (χ2n) is 12.0. The molecule has 2 aromatic rings. The lowest BCUT2D eigenvalue weighted by Crippen LogP contribution is -2.49. The zero-order valence-electron chi connectivity index (χ0n) is 23.5. The van der Waals surface area contributed by atoms with E-state index in [1.165, 1.54) is 5.56 Å². The van der Waals surface area contributed by atoms with Crippen LogP contribution in [0.15, 0.2) is 36.4 Å². The van der Waals surface area contributed by atoms with Crippen LogP contribution in [0, 0.1) is 11.8 Å². The van der Waals surface area contributed by atoms with Crippen LogP contribution in [0.3, 0.4) is 0 Å². The minimum absolute atomic E-state index is 0.0410. The van der Waals surface area contributed by atoms with Gasteiger partial charge in [0, 0.05) is 30.1 Å². The van der Waals surface area contributed by atoms with E-state index >= 15 is 0 Å². The standard InChI is InChI=1S/C31H39ClN2O6S/c1-20-14-26-17-30(40-20)27-9-6-23(27)18-34-11-3-2-4-21-15-25(32)8-5-24(21)19-39-29-10-7-22(16-28(29)34)31(35)33-41(36,37)13-12-38-26/h5,7-8,10,15-16,20,23,26-27,30H,2-4,6,9,11-14,17-19H2,1H3,(H,33,35)/t20-,23+,26+,27-,30+/m1/s1. The number of anilines is 1. The minimum atomic E-state index is -3.87. The van der Waals surface area contributed by atoms with Crippen LogP contribution in [0.4, 0.5) is 5.69 Å². The summed E-state index contributed by atoms with van der Waals surface area (Å²) < 4.78 is 46.7. The van der Waals surface area contributed by atoms with Crippen LogP contribution < -0.4 is 14.4 Å². The molecule has 4 aliphatic rings. The number of nitrogens with zero attached hydrogens (tertiary/aromatic N) is 1. The van der Waals surface area contributed by atoms with Crippen LogP contribution in [0.25, 0.3) is 0 Å². The van der Waals surface area contributed by atoms with Crippen molar-refractivity contribution in [2.45, 2.75) is 76.8 Å². The molecule has 8 nitrogen and oxygen atoms in total. The van der Waals surface area contributed by atoms with Gasteiger partial charge in [-0.3, -0.25) is 4.79 Å². The van der Waals surface area contributed by atoms with Crippen LogP contribution in [0.2, 0.25) is 5.02 Å². The van der Waals surface area contributed by atoms with Crippen molar-refractivity contribution in [2.24, 2.45) is 11.8 Å². The normalized spacial score (nSPS) is 30.3. The predicted molar refractivity (Wildman–Crippen MR) is 158 cm³/mol. The van der Waals surface area contributed by atoms with E-state index in [1.807, 2.05) is 18.2 Å². The molecule has 3 heterocycles. The number of carbonyl (C=O) groups is 1. The van der Waals surface area contributed by atoms with Crippen molar-refractivity contribution in [3.8, 4) is 5.75 Å². The van der Waals surface area contributed by atoms with Crippen LogP contribution in [0.1, 0.15) is 66.9 Å². The molecule has 0 radical (unpaired) electrons. The van der Waals surface area contributed by atoms with E-state index in [1.54, 1.807) is 18.2 Å². The molecule has 6 rings (SSSR count). The Hall–Kier alpha value is -2.33. The molecule has 2 aromatic carbocycles. The Bertz CT molecular complexity index is 1380. The molecule has 1 saturated heterocycles. The maximum Gasteiger partial charge on any atom is 0.264 e. The van der Waals surface area contributed by atoms with E-state index in [-0.39, 0.29) is 36.2 Å². The molecule has 5 atom stereocenters. The van der Waals surface area contributed by atoms with Gasteiger partial charge in [0.1, 0.15) is 12.4 Å². The monoisotopic (exact) mass is 602 g/mol. The van der Waals surface area contributed by atoms with Gasteiger partial charge in [-0.15, -0.1) is 0 Å². The molecule has 10 heteroatoms. The molecule has 1 N–H and O–H groups in total. The number of nitrogens with one attached hydrogen (secondary N) is 1. The largest absolute Gasteiger partial charge is 0.487 e. The Labute approximate surface area is 247 Å². The van der Waals surface area contributed by atoms with Crippen molar-refractivity contribution < 1.29 is 27.4 Å². The van der Waals surface area contributed by atoms with E-state index in [9.17, 15) is 13.2 Å². The van der Waals surface area contributed by atoms with Gasteiger partial charge in [-0.1, -0.05) is 17.7 Å². The van der Waals surface area contributed by atoms with Crippen molar-refractivity contribution in [3.63, 3.8) is 0 Å². The average molecular weight is 603 g/mol. The second-order valence-corrected chi connectivity index (χ2v) is 14.3. The molecule has 1 saturated carbocycles. The number of fused-ring (bicyclic) bond motifs is 6. The fourth-order valence-electron chi connectivity index (χ4n) is 6.80. The summed E-state index contributed by atoms with van der Waals surface area (Å²) in [4.78, 5) is 15.5. The summed E-state index contributed by atoms with van der Waals surface area (Å²) in [5, 5.41) is 0.720. The van der Waals surface area contributed by atoms with Gasteiger partial charge in [0.15, 0.2) is 0 Å². The highest BCUT2D eigenvalue weighted by Crippen LogP contribution is 2.44. The van der Waals surface area contributed by atoms with Crippen molar-refractivity contribution in [3.05, 3.63) is 58.1 Å². The highest BCUT2D eigenvalue weighted by Gasteiger charge is 2.42. The number of ether oxygens (including phenoxy) is 3. The van der Waals surface area contributed by atoms with E-state index in [2.05, 4.69) is 16.5 Å². The van der Waals surface area contributed by atoms with Crippen molar-refractivity contribution in [1.29, 1.82) is 0 Å². The third-order valence-corrected chi connectivity index (χ3v) is 10.5. The number of carbonyl (C=O) groups excluding carboxylic acids is 1. The lowest BCUT2D eigenvalue weighted by Gasteiger charge is -2.47. The number of hydrogen-bond donors (Lipinski definition) is 1. The first kappa shape index (κ1) is 28.8. The number of halogens is 1. The van der Waals surface area contributed by atoms with E-state index in [0.29, 0.717) is 24.2 Å². The Morgan fingerprint density at radius 3 is 2.76 bits per heavy atom. The predicted octanol–water partition coefficient (Wildman–Crippen LogP) is 5.11. The van der Waals surface area contributed by atoms with E-state index in [4.69, 9.17) is 25.8 Å². The van der Waals surface area contributed by atoms with Crippen molar-refractivity contribution in [1.82, 2.24) is 4.72 Å². The zero-order chi connectivity index (χ0) is 28.6. The molecular weight excluding hydrogens is 564 g/mol. The third kappa shape index (κ3) is 6.69. The van der Waals surface area contributed by atoms with E-state index in [0.717, 1.165) is 74.3 Å². The number of hydrogen-bond acceptors (Lipinski definition) is 7. The van der Waals surface area contributed by atoms with Gasteiger partial charge in [0.05, 0.1) is 36.4 Å². The Kier molecular flexibility index (Phi) is 8.50. The number of rotatable bonds is 0. The van der Waals surface area contributed by atoms with Gasteiger partial charge in [0.2, 0.25) is 10.0 Å². The molecule has 0 aromatic heterocycles. The maximum absolute atomic E-state index is 13.2. The summed E-state index contributed by atoms with van der Waals surface area (Å²) >= 11 is 6.32. The Morgan fingerprint density at radius 1 is 1.05 bits per heavy atom. The molecule has 3 aliphatic heterocycles. The van der Waals surface area contributed by atoms with Gasteiger partial charge in [-0.25, -0.2) is 13.1 Å². The molecule has 0 unspecified atom stereocenters. The smallest absolute Gasteiger partial charge is 0.264 e. The van der Waals surface area contributed by atoms with Gasteiger partial charge < -0.3 is 19.1 Å². The van der Waals surface area contributed by atoms with Crippen LogP contribution in [0.5, 0.6) is 5.75 Å². The highest BCUT2D eigenvalue weighted by atomic mass is 35.5. The molecule has 1 amide bonds. The summed E-state index contributed by atoms with van der Waals surface area (Å²) in [6.45, 7) is 4.11. The lowest BCUT2D eigenvalue weighted by molar-refractivity contribution is -0.146. The summed E-state index contributed by atoms with van der Waals surface area (Å²) in [7, 11) is -3.87. The van der Waals surface area contributed by atoms with Gasteiger partial charge in [-0.05, 0) is 98.7 Å². The SMILES string of the molecule is C[C@@H]1C[C@H]2C[C@H](O1)[C@@H]1CC[C@H]1CN1CCCCc3cc(Cl)ccc3COc3ccc(cc31)C(=O)NS(=O)(=O)CCO2. The first-order chi connectivity index (χ1) is 19.7. The third-order valence-electron chi connectivity index (χ3n) is 9.10. The maximum atomic E-state index is 13.2. The summed E-state index contributed by atoms with van der Waals surface area (Å²) in [5.74, 6) is 0.632. The molecule has 1 aliphatic carbocycles. The molecular formula is C31H39ClN2O6S. The lowest BCUT2D eigenvalue weighted by atomic mass is 9.68. The average Bonchev–Trinajstić information content (AvgIpc) is 2.93. The second kappa shape index (κ2) is 12.1. The van der Waals surface area contributed by atoms with Gasteiger partial charge >= 0.3 is 0 Å². The summed E-state index contributed by atoms with van der Waals surface area (Å²) in [6, 6.07) is 11.1. The van der Waals surface area contributed by atoms with Crippen LogP contribution in [-0.2, 0) is 32.5 Å². The number of amides is 1.